The van der Waals surface area contributed by atoms with E-state index in [2.05, 4.69) is 30.1 Å². The summed E-state index contributed by atoms with van der Waals surface area (Å²) in [4.78, 5) is 2.31. The molecule has 21 heavy (non-hydrogen) atoms. The number of nitrogens with one attached hydrogen (secondary N) is 1. The van der Waals surface area contributed by atoms with Gasteiger partial charge in [0.25, 0.3) is 0 Å². The largest absolute Gasteiger partial charge is 0.468 e. The van der Waals surface area contributed by atoms with Crippen LogP contribution in [-0.2, 0) is 19.6 Å². The van der Waals surface area contributed by atoms with Crippen LogP contribution in [0.5, 0.6) is 0 Å². The molecule has 1 aliphatic carbocycles. The highest BCUT2D eigenvalue weighted by Gasteiger charge is 2.21. The van der Waals surface area contributed by atoms with E-state index in [-0.39, 0.29) is 0 Å². The first kappa shape index (κ1) is 14.4. The van der Waals surface area contributed by atoms with Crippen LogP contribution >= 0.6 is 0 Å². The summed E-state index contributed by atoms with van der Waals surface area (Å²) in [7, 11) is 0. The minimum atomic E-state index is 0.730. The lowest BCUT2D eigenvalue weighted by Crippen LogP contribution is -2.21. The van der Waals surface area contributed by atoms with Crippen LogP contribution in [0.25, 0.3) is 0 Å². The Labute approximate surface area is 126 Å². The molecule has 0 aromatic carbocycles. The van der Waals surface area contributed by atoms with Crippen molar-refractivity contribution in [2.45, 2.75) is 52.4 Å². The second-order valence-electron chi connectivity index (χ2n) is 5.83. The number of rotatable bonds is 8. The third kappa shape index (κ3) is 3.99. The van der Waals surface area contributed by atoms with Gasteiger partial charge in [0.1, 0.15) is 17.3 Å². The molecule has 0 spiro atoms. The first-order valence-electron chi connectivity index (χ1n) is 7.81. The van der Waals surface area contributed by atoms with Crippen molar-refractivity contribution in [2.75, 3.05) is 6.54 Å². The molecular weight excluding hydrogens is 264 g/mol. The summed E-state index contributed by atoms with van der Waals surface area (Å²) >= 11 is 0. The van der Waals surface area contributed by atoms with Gasteiger partial charge in [-0.05, 0) is 44.5 Å². The van der Waals surface area contributed by atoms with Crippen molar-refractivity contribution in [1.29, 1.82) is 0 Å². The molecule has 2 aromatic rings. The zero-order chi connectivity index (χ0) is 14.7. The summed E-state index contributed by atoms with van der Waals surface area (Å²) in [6.45, 7) is 7.74. The van der Waals surface area contributed by atoms with E-state index in [1.807, 2.05) is 12.1 Å². The summed E-state index contributed by atoms with van der Waals surface area (Å²) in [5.41, 5.74) is 1.28. The molecule has 2 heterocycles. The van der Waals surface area contributed by atoms with Crippen LogP contribution in [0.4, 0.5) is 0 Å². The Balaban J connectivity index is 1.58. The number of furan rings is 2. The minimum Gasteiger partial charge on any atom is -0.468 e. The van der Waals surface area contributed by atoms with Crippen LogP contribution in [0.15, 0.2) is 33.3 Å². The van der Waals surface area contributed by atoms with Crippen LogP contribution in [0.2, 0.25) is 0 Å². The number of aryl methyl sites for hydroxylation is 1. The van der Waals surface area contributed by atoms with Crippen molar-refractivity contribution in [1.82, 2.24) is 10.2 Å². The molecule has 0 bridgehead atoms. The standard InChI is InChI=1S/C17H24N2O2/c1-3-19(11-16-5-4-8-20-16)12-17-9-14(13(2)21-17)10-18-15-6-7-15/h4-5,8-9,15,18H,3,6-7,10-12H2,1-2H3. The first-order chi connectivity index (χ1) is 10.2. The second kappa shape index (κ2) is 6.50. The lowest BCUT2D eigenvalue weighted by molar-refractivity contribution is 0.227. The molecule has 1 aliphatic rings. The molecule has 1 fully saturated rings. The van der Waals surface area contributed by atoms with Crippen LogP contribution in [0, 0.1) is 6.92 Å². The van der Waals surface area contributed by atoms with E-state index in [0.29, 0.717) is 0 Å². The lowest BCUT2D eigenvalue weighted by atomic mass is 10.2. The maximum atomic E-state index is 5.91. The van der Waals surface area contributed by atoms with Gasteiger partial charge in [-0.2, -0.15) is 0 Å². The van der Waals surface area contributed by atoms with E-state index in [9.17, 15) is 0 Å². The first-order valence-corrected chi connectivity index (χ1v) is 7.81. The summed E-state index contributed by atoms with van der Waals surface area (Å²) in [6, 6.07) is 6.87. The zero-order valence-electron chi connectivity index (χ0n) is 12.9. The molecule has 4 nitrogen and oxygen atoms in total. The van der Waals surface area contributed by atoms with Crippen molar-refractivity contribution < 1.29 is 8.83 Å². The van der Waals surface area contributed by atoms with Crippen molar-refractivity contribution in [3.8, 4) is 0 Å². The summed E-state index contributed by atoms with van der Waals surface area (Å²) in [5.74, 6) is 3.07. The van der Waals surface area contributed by atoms with Crippen molar-refractivity contribution >= 4 is 0 Å². The topological polar surface area (TPSA) is 41.6 Å². The summed E-state index contributed by atoms with van der Waals surface area (Å²) in [5, 5.41) is 3.54. The molecule has 0 atom stereocenters. The Kier molecular flexibility index (Phi) is 4.46. The zero-order valence-corrected chi connectivity index (χ0v) is 12.9. The van der Waals surface area contributed by atoms with E-state index in [1.165, 1.54) is 18.4 Å². The predicted octanol–water partition coefficient (Wildman–Crippen LogP) is 3.46. The van der Waals surface area contributed by atoms with Crippen molar-refractivity contribution in [3.63, 3.8) is 0 Å². The Morgan fingerprint density at radius 3 is 2.76 bits per heavy atom. The number of hydrogen-bond acceptors (Lipinski definition) is 4. The van der Waals surface area contributed by atoms with Crippen molar-refractivity contribution in [3.05, 3.63) is 47.3 Å². The second-order valence-corrected chi connectivity index (χ2v) is 5.83. The molecule has 0 saturated heterocycles. The molecule has 0 amide bonds. The van der Waals surface area contributed by atoms with Crippen LogP contribution < -0.4 is 5.32 Å². The van der Waals surface area contributed by atoms with E-state index < -0.39 is 0 Å². The van der Waals surface area contributed by atoms with Gasteiger partial charge in [0.05, 0.1) is 19.4 Å². The van der Waals surface area contributed by atoms with Gasteiger partial charge in [0.15, 0.2) is 0 Å². The molecule has 0 radical (unpaired) electrons. The van der Waals surface area contributed by atoms with E-state index >= 15 is 0 Å². The van der Waals surface area contributed by atoms with Crippen LogP contribution in [0.1, 0.15) is 42.6 Å². The highest BCUT2D eigenvalue weighted by Crippen LogP contribution is 2.22. The number of hydrogen-bond donors (Lipinski definition) is 1. The van der Waals surface area contributed by atoms with Gasteiger partial charge in [-0.25, -0.2) is 0 Å². The third-order valence-electron chi connectivity index (χ3n) is 4.02. The molecule has 0 unspecified atom stereocenters. The Hall–Kier alpha value is -1.52. The Bertz CT molecular complexity index is 555. The normalized spacial score (nSPS) is 15.0. The Morgan fingerprint density at radius 1 is 1.29 bits per heavy atom. The fourth-order valence-corrected chi connectivity index (χ4v) is 2.51. The van der Waals surface area contributed by atoms with Gasteiger partial charge >= 0.3 is 0 Å². The SMILES string of the molecule is CCN(Cc1ccco1)Cc1cc(CNC2CC2)c(C)o1. The van der Waals surface area contributed by atoms with Crippen LogP contribution in [-0.4, -0.2) is 17.5 Å². The molecule has 114 valence electrons. The van der Waals surface area contributed by atoms with Gasteiger partial charge in [-0.3, -0.25) is 4.90 Å². The maximum Gasteiger partial charge on any atom is 0.118 e. The molecular formula is C17H24N2O2. The lowest BCUT2D eigenvalue weighted by Gasteiger charge is -2.17. The molecule has 2 aromatic heterocycles. The smallest absolute Gasteiger partial charge is 0.118 e. The minimum absolute atomic E-state index is 0.730. The average Bonchev–Trinajstić information content (AvgIpc) is 3.04. The maximum absolute atomic E-state index is 5.91. The number of nitrogens with zero attached hydrogens (tertiary/aromatic N) is 1. The van der Waals surface area contributed by atoms with E-state index in [1.54, 1.807) is 6.26 Å². The molecule has 1 saturated carbocycles. The Morgan fingerprint density at radius 2 is 2.10 bits per heavy atom. The predicted molar refractivity (Wildman–Crippen MR) is 81.8 cm³/mol. The quantitative estimate of drug-likeness (QED) is 0.807. The van der Waals surface area contributed by atoms with E-state index in [4.69, 9.17) is 8.83 Å². The summed E-state index contributed by atoms with van der Waals surface area (Å²) < 4.78 is 11.3. The molecule has 0 aliphatic heterocycles. The average molecular weight is 288 g/mol. The van der Waals surface area contributed by atoms with Gasteiger partial charge < -0.3 is 14.2 Å². The monoisotopic (exact) mass is 288 g/mol. The van der Waals surface area contributed by atoms with Gasteiger partial charge in [0, 0.05) is 18.2 Å². The molecule has 3 rings (SSSR count). The molecule has 1 N–H and O–H groups in total. The highest BCUT2D eigenvalue weighted by atomic mass is 16.3. The van der Waals surface area contributed by atoms with Crippen LogP contribution in [0.3, 0.4) is 0 Å². The summed E-state index contributed by atoms with van der Waals surface area (Å²) in [6.07, 6.45) is 4.36. The van der Waals surface area contributed by atoms with Gasteiger partial charge in [-0.15, -0.1) is 0 Å². The van der Waals surface area contributed by atoms with E-state index in [0.717, 1.165) is 49.5 Å². The van der Waals surface area contributed by atoms with Gasteiger partial charge in [-0.1, -0.05) is 6.92 Å². The third-order valence-corrected chi connectivity index (χ3v) is 4.02. The highest BCUT2D eigenvalue weighted by molar-refractivity contribution is 5.21. The fourth-order valence-electron chi connectivity index (χ4n) is 2.51. The fraction of sp³-hybridized carbons (Fsp3) is 0.529. The van der Waals surface area contributed by atoms with Crippen molar-refractivity contribution in [2.24, 2.45) is 0 Å². The molecule has 4 heteroatoms. The van der Waals surface area contributed by atoms with Gasteiger partial charge in [0.2, 0.25) is 0 Å².